The van der Waals surface area contributed by atoms with Crippen molar-refractivity contribution in [2.24, 2.45) is 0 Å². The Morgan fingerprint density at radius 1 is 1.62 bits per heavy atom. The van der Waals surface area contributed by atoms with Crippen LogP contribution in [0.2, 0.25) is 0 Å². The number of carbonyl (C=O) groups excluding carboxylic acids is 2. The molecule has 0 aliphatic heterocycles. The molecule has 0 saturated heterocycles. The lowest BCUT2D eigenvalue weighted by molar-refractivity contribution is -0.121. The smallest absolute Gasteiger partial charge is 0.217 e. The van der Waals surface area contributed by atoms with Crippen LogP contribution in [-0.2, 0) is 9.59 Å². The number of hydrogen-bond donors (Lipinski definition) is 1. The standard InChI is InChI=1S/C4H6BrNO2/c1-3(7)6-2-4(5)8/h2H2,1H3,(H,6,7). The number of carbonyl (C=O) groups is 2. The molecular formula is C4H6BrNO2. The van der Waals surface area contributed by atoms with Crippen LogP contribution in [-0.4, -0.2) is 17.1 Å². The van der Waals surface area contributed by atoms with Gasteiger partial charge in [-0.25, -0.2) is 0 Å². The molecular weight excluding hydrogens is 174 g/mol. The first-order valence-electron chi connectivity index (χ1n) is 2.05. The van der Waals surface area contributed by atoms with Crippen molar-refractivity contribution in [3.63, 3.8) is 0 Å². The summed E-state index contributed by atoms with van der Waals surface area (Å²) in [4.78, 5) is 20.1. The third-order valence-electron chi connectivity index (χ3n) is 0.476. The van der Waals surface area contributed by atoms with E-state index >= 15 is 0 Å². The molecule has 0 aromatic carbocycles. The number of amides is 1. The van der Waals surface area contributed by atoms with Crippen LogP contribution in [0.4, 0.5) is 0 Å². The van der Waals surface area contributed by atoms with Crippen LogP contribution < -0.4 is 5.32 Å². The second kappa shape index (κ2) is 3.60. The van der Waals surface area contributed by atoms with Gasteiger partial charge in [0.1, 0.15) is 0 Å². The average Bonchev–Trinajstić information content (AvgIpc) is 1.61. The lowest BCUT2D eigenvalue weighted by Gasteiger charge is -1.92. The Hall–Kier alpha value is -0.380. The Balaban J connectivity index is 3.18. The van der Waals surface area contributed by atoms with E-state index in [9.17, 15) is 9.59 Å². The van der Waals surface area contributed by atoms with Crippen molar-refractivity contribution >= 4 is 26.5 Å². The first-order chi connectivity index (χ1) is 3.63. The molecule has 4 heteroatoms. The minimum absolute atomic E-state index is 0.0648. The number of rotatable bonds is 2. The summed E-state index contributed by atoms with van der Waals surface area (Å²) in [6.45, 7) is 1.42. The third-order valence-corrected chi connectivity index (χ3v) is 0.757. The zero-order valence-electron chi connectivity index (χ0n) is 4.40. The van der Waals surface area contributed by atoms with Crippen LogP contribution >= 0.6 is 15.9 Å². The van der Waals surface area contributed by atoms with Crippen LogP contribution in [0.3, 0.4) is 0 Å². The lowest BCUT2D eigenvalue weighted by Crippen LogP contribution is -2.24. The van der Waals surface area contributed by atoms with Gasteiger partial charge in [-0.2, -0.15) is 0 Å². The fourth-order valence-corrected chi connectivity index (χ4v) is 0.334. The normalized spacial score (nSPS) is 8.25. The Labute approximate surface area is 55.6 Å². The van der Waals surface area contributed by atoms with Gasteiger partial charge in [-0.15, -0.1) is 0 Å². The van der Waals surface area contributed by atoms with Crippen LogP contribution in [0.5, 0.6) is 0 Å². The number of nitrogens with one attached hydrogen (secondary N) is 1. The fraction of sp³-hybridized carbons (Fsp3) is 0.500. The second-order valence-electron chi connectivity index (χ2n) is 1.26. The Bertz CT molecular complexity index is 98.6. The van der Waals surface area contributed by atoms with Crippen LogP contribution in [0.1, 0.15) is 6.92 Å². The average molecular weight is 180 g/mol. The zero-order valence-corrected chi connectivity index (χ0v) is 5.99. The van der Waals surface area contributed by atoms with Crippen molar-refractivity contribution in [1.29, 1.82) is 0 Å². The molecule has 0 heterocycles. The monoisotopic (exact) mass is 179 g/mol. The van der Waals surface area contributed by atoms with E-state index < -0.39 is 0 Å². The van der Waals surface area contributed by atoms with Gasteiger partial charge in [0.2, 0.25) is 10.6 Å². The molecule has 1 N–H and O–H groups in total. The summed E-state index contributed by atoms with van der Waals surface area (Å²) in [7, 11) is 0. The minimum Gasteiger partial charge on any atom is -0.348 e. The molecule has 0 fully saturated rings. The largest absolute Gasteiger partial charge is 0.348 e. The van der Waals surface area contributed by atoms with E-state index in [2.05, 4.69) is 21.2 Å². The molecule has 8 heavy (non-hydrogen) atoms. The summed E-state index contributed by atoms with van der Waals surface area (Å²) in [6.07, 6.45) is 0. The molecule has 0 aromatic heterocycles. The van der Waals surface area contributed by atoms with Crippen molar-refractivity contribution in [3.8, 4) is 0 Å². The maximum absolute atomic E-state index is 10.1. The molecule has 1 amide bonds. The third kappa shape index (κ3) is 5.62. The van der Waals surface area contributed by atoms with Gasteiger partial charge in [-0.1, -0.05) is 0 Å². The van der Waals surface area contributed by atoms with E-state index in [-0.39, 0.29) is 17.1 Å². The van der Waals surface area contributed by atoms with E-state index in [1.165, 1.54) is 6.92 Å². The van der Waals surface area contributed by atoms with E-state index in [1.807, 2.05) is 0 Å². The topological polar surface area (TPSA) is 46.2 Å². The summed E-state index contributed by atoms with van der Waals surface area (Å²) >= 11 is 2.65. The molecule has 0 saturated carbocycles. The van der Waals surface area contributed by atoms with Gasteiger partial charge < -0.3 is 5.32 Å². The quantitative estimate of drug-likeness (QED) is 0.610. The second-order valence-corrected chi connectivity index (χ2v) is 2.15. The van der Waals surface area contributed by atoms with Crippen molar-refractivity contribution in [2.45, 2.75) is 6.92 Å². The van der Waals surface area contributed by atoms with Crippen molar-refractivity contribution in [3.05, 3.63) is 0 Å². The van der Waals surface area contributed by atoms with Gasteiger partial charge >= 0.3 is 0 Å². The van der Waals surface area contributed by atoms with E-state index in [1.54, 1.807) is 0 Å². The Morgan fingerprint density at radius 2 is 2.12 bits per heavy atom. The maximum atomic E-state index is 10.1. The van der Waals surface area contributed by atoms with E-state index in [0.717, 1.165) is 0 Å². The molecule has 0 unspecified atom stereocenters. The molecule has 3 nitrogen and oxygen atoms in total. The van der Waals surface area contributed by atoms with Crippen molar-refractivity contribution in [2.75, 3.05) is 6.54 Å². The summed E-state index contributed by atoms with van der Waals surface area (Å²) in [5, 5.41) is 2.31. The number of hydrogen-bond acceptors (Lipinski definition) is 2. The summed E-state index contributed by atoms with van der Waals surface area (Å²) in [5.74, 6) is -0.196. The van der Waals surface area contributed by atoms with Gasteiger partial charge in [-0.3, -0.25) is 9.59 Å². The van der Waals surface area contributed by atoms with Gasteiger partial charge in [0.05, 0.1) is 6.54 Å². The van der Waals surface area contributed by atoms with Crippen LogP contribution in [0.15, 0.2) is 0 Å². The van der Waals surface area contributed by atoms with Gasteiger partial charge in [0, 0.05) is 6.92 Å². The summed E-state index contributed by atoms with van der Waals surface area (Å²) in [5.41, 5.74) is 0. The lowest BCUT2D eigenvalue weighted by atomic mass is 10.6. The predicted molar refractivity (Wildman–Crippen MR) is 32.6 cm³/mol. The summed E-state index contributed by atoms with van der Waals surface area (Å²) in [6, 6.07) is 0. The minimum atomic E-state index is -0.215. The Morgan fingerprint density at radius 3 is 2.25 bits per heavy atom. The first-order valence-corrected chi connectivity index (χ1v) is 2.85. The highest BCUT2D eigenvalue weighted by Crippen LogP contribution is 1.78. The predicted octanol–water partition coefficient (Wildman–Crippen LogP) is 0.0440. The van der Waals surface area contributed by atoms with Gasteiger partial charge in [0.25, 0.3) is 0 Å². The first kappa shape index (κ1) is 7.62. The molecule has 0 spiro atoms. The highest BCUT2D eigenvalue weighted by Gasteiger charge is 1.93. The van der Waals surface area contributed by atoms with E-state index in [4.69, 9.17) is 0 Å². The molecule has 0 atom stereocenters. The van der Waals surface area contributed by atoms with E-state index in [0.29, 0.717) is 0 Å². The van der Waals surface area contributed by atoms with Crippen molar-refractivity contribution in [1.82, 2.24) is 5.32 Å². The summed E-state index contributed by atoms with van der Waals surface area (Å²) < 4.78 is -0.215. The fourth-order valence-electron chi connectivity index (χ4n) is 0.194. The number of halogens is 1. The Kier molecular flexibility index (Phi) is 3.43. The van der Waals surface area contributed by atoms with Crippen LogP contribution in [0.25, 0.3) is 0 Å². The maximum Gasteiger partial charge on any atom is 0.217 e. The zero-order chi connectivity index (χ0) is 6.57. The molecule has 0 aromatic rings. The molecule has 0 rings (SSSR count). The van der Waals surface area contributed by atoms with Gasteiger partial charge in [-0.05, 0) is 15.9 Å². The molecule has 0 radical (unpaired) electrons. The van der Waals surface area contributed by atoms with Gasteiger partial charge in [0.15, 0.2) is 0 Å². The highest BCUT2D eigenvalue weighted by atomic mass is 79.9. The molecule has 0 bridgehead atoms. The van der Waals surface area contributed by atoms with Crippen molar-refractivity contribution < 1.29 is 9.59 Å². The molecule has 46 valence electrons. The molecule has 0 aliphatic carbocycles. The highest BCUT2D eigenvalue weighted by molar-refractivity contribution is 9.18. The van der Waals surface area contributed by atoms with Crippen LogP contribution in [0, 0.1) is 0 Å². The SMILES string of the molecule is CC(=O)NCC(=O)Br. The molecule has 0 aliphatic rings.